The van der Waals surface area contributed by atoms with Gasteiger partial charge in [0.15, 0.2) is 0 Å². The highest BCUT2D eigenvalue weighted by molar-refractivity contribution is 6.36. The molecule has 0 aliphatic rings. The molecule has 0 atom stereocenters. The van der Waals surface area contributed by atoms with Crippen molar-refractivity contribution in [3.05, 3.63) is 28.2 Å². The summed E-state index contributed by atoms with van der Waals surface area (Å²) in [7, 11) is 2.01. The standard InChI is InChI=1S/C10H13Cl2N/c1-7(2)13(3)10-5-4-8(11)6-9(10)12/h4-7H,1-3H3. The zero-order valence-corrected chi connectivity index (χ0v) is 9.52. The normalized spacial score (nSPS) is 10.6. The summed E-state index contributed by atoms with van der Waals surface area (Å²) in [6, 6.07) is 5.97. The van der Waals surface area contributed by atoms with Crippen molar-refractivity contribution in [3.8, 4) is 0 Å². The summed E-state index contributed by atoms with van der Waals surface area (Å²) in [5.74, 6) is 0. The summed E-state index contributed by atoms with van der Waals surface area (Å²) in [4.78, 5) is 2.11. The second kappa shape index (κ2) is 4.21. The van der Waals surface area contributed by atoms with Crippen molar-refractivity contribution in [2.75, 3.05) is 11.9 Å². The molecule has 1 aromatic carbocycles. The van der Waals surface area contributed by atoms with E-state index in [-0.39, 0.29) is 0 Å². The number of benzene rings is 1. The molecule has 0 heterocycles. The summed E-state index contributed by atoms with van der Waals surface area (Å²) in [6.07, 6.45) is 0. The van der Waals surface area contributed by atoms with Crippen molar-refractivity contribution >= 4 is 28.9 Å². The SMILES string of the molecule is CC(C)N(C)c1ccc(Cl)cc1Cl. The summed E-state index contributed by atoms with van der Waals surface area (Å²) < 4.78 is 0. The molecule has 0 saturated carbocycles. The summed E-state index contributed by atoms with van der Waals surface area (Å²) in [5, 5.41) is 1.37. The van der Waals surface area contributed by atoms with E-state index in [0.717, 1.165) is 5.69 Å². The number of nitrogens with zero attached hydrogens (tertiary/aromatic N) is 1. The quantitative estimate of drug-likeness (QED) is 0.728. The molecule has 0 radical (unpaired) electrons. The molecular formula is C10H13Cl2N. The molecule has 0 N–H and O–H groups in total. The lowest BCUT2D eigenvalue weighted by atomic mass is 10.2. The number of rotatable bonds is 2. The fraction of sp³-hybridized carbons (Fsp3) is 0.400. The monoisotopic (exact) mass is 217 g/mol. The highest BCUT2D eigenvalue weighted by Gasteiger charge is 2.08. The minimum absolute atomic E-state index is 0.429. The van der Waals surface area contributed by atoms with Crippen molar-refractivity contribution in [1.29, 1.82) is 0 Å². The maximum atomic E-state index is 6.04. The van der Waals surface area contributed by atoms with Gasteiger partial charge in [-0.15, -0.1) is 0 Å². The van der Waals surface area contributed by atoms with Crippen LogP contribution >= 0.6 is 23.2 Å². The Bertz CT molecular complexity index is 297. The van der Waals surface area contributed by atoms with Gasteiger partial charge in [-0.3, -0.25) is 0 Å². The fourth-order valence-corrected chi connectivity index (χ4v) is 1.59. The summed E-state index contributed by atoms with van der Waals surface area (Å²) in [6.45, 7) is 4.23. The molecule has 0 amide bonds. The van der Waals surface area contributed by atoms with E-state index in [1.807, 2.05) is 19.2 Å². The van der Waals surface area contributed by atoms with Gasteiger partial charge in [-0.2, -0.15) is 0 Å². The number of anilines is 1. The van der Waals surface area contributed by atoms with Gasteiger partial charge in [0.05, 0.1) is 10.7 Å². The third-order valence-corrected chi connectivity index (χ3v) is 2.60. The molecule has 72 valence electrons. The van der Waals surface area contributed by atoms with Gasteiger partial charge in [0, 0.05) is 18.1 Å². The molecular weight excluding hydrogens is 205 g/mol. The zero-order valence-electron chi connectivity index (χ0n) is 8.01. The van der Waals surface area contributed by atoms with Crippen molar-refractivity contribution < 1.29 is 0 Å². The molecule has 0 spiro atoms. The smallest absolute Gasteiger partial charge is 0.0654 e. The molecule has 0 unspecified atom stereocenters. The van der Waals surface area contributed by atoms with Crippen molar-refractivity contribution in [1.82, 2.24) is 0 Å². The first-order valence-corrected chi connectivity index (χ1v) is 4.96. The molecule has 1 aromatic rings. The molecule has 13 heavy (non-hydrogen) atoms. The van der Waals surface area contributed by atoms with Crippen LogP contribution < -0.4 is 4.90 Å². The number of halogens is 2. The van der Waals surface area contributed by atoms with E-state index in [1.54, 1.807) is 6.07 Å². The second-order valence-electron chi connectivity index (χ2n) is 3.30. The zero-order chi connectivity index (χ0) is 10.0. The number of hydrogen-bond donors (Lipinski definition) is 0. The lowest BCUT2D eigenvalue weighted by molar-refractivity contribution is 0.755. The summed E-state index contributed by atoms with van der Waals surface area (Å²) in [5.41, 5.74) is 1.01. The van der Waals surface area contributed by atoms with E-state index in [1.165, 1.54) is 0 Å². The lowest BCUT2D eigenvalue weighted by Gasteiger charge is -2.24. The van der Waals surface area contributed by atoms with Gasteiger partial charge in [0.2, 0.25) is 0 Å². The van der Waals surface area contributed by atoms with Crippen molar-refractivity contribution in [3.63, 3.8) is 0 Å². The Labute approximate surface area is 89.3 Å². The molecule has 0 aromatic heterocycles. The molecule has 0 saturated heterocycles. The first kappa shape index (κ1) is 10.7. The average Bonchev–Trinajstić information content (AvgIpc) is 2.03. The molecule has 1 nitrogen and oxygen atoms in total. The van der Waals surface area contributed by atoms with Crippen LogP contribution in [0.3, 0.4) is 0 Å². The van der Waals surface area contributed by atoms with Gasteiger partial charge in [0.25, 0.3) is 0 Å². The van der Waals surface area contributed by atoms with Crippen LogP contribution in [0.15, 0.2) is 18.2 Å². The predicted molar refractivity (Wildman–Crippen MR) is 60.0 cm³/mol. The Morgan fingerprint density at radius 3 is 2.31 bits per heavy atom. The van der Waals surface area contributed by atoms with Gasteiger partial charge >= 0.3 is 0 Å². The van der Waals surface area contributed by atoms with Crippen LogP contribution in [0.25, 0.3) is 0 Å². The van der Waals surface area contributed by atoms with E-state index >= 15 is 0 Å². The lowest BCUT2D eigenvalue weighted by Crippen LogP contribution is -2.25. The molecule has 3 heteroatoms. The third kappa shape index (κ3) is 2.52. The highest BCUT2D eigenvalue weighted by Crippen LogP contribution is 2.28. The Morgan fingerprint density at radius 2 is 1.85 bits per heavy atom. The molecule has 0 aliphatic heterocycles. The molecule has 0 aliphatic carbocycles. The van der Waals surface area contributed by atoms with Crippen LogP contribution in [0.5, 0.6) is 0 Å². The number of hydrogen-bond acceptors (Lipinski definition) is 1. The van der Waals surface area contributed by atoms with E-state index in [9.17, 15) is 0 Å². The van der Waals surface area contributed by atoms with Gasteiger partial charge < -0.3 is 4.90 Å². The van der Waals surface area contributed by atoms with E-state index in [0.29, 0.717) is 16.1 Å². The summed E-state index contributed by atoms with van der Waals surface area (Å²) >= 11 is 11.8. The van der Waals surface area contributed by atoms with Crippen LogP contribution in [-0.2, 0) is 0 Å². The van der Waals surface area contributed by atoms with Crippen LogP contribution in [0.2, 0.25) is 10.0 Å². The van der Waals surface area contributed by atoms with Crippen LogP contribution in [0, 0.1) is 0 Å². The molecule has 1 rings (SSSR count). The van der Waals surface area contributed by atoms with E-state index < -0.39 is 0 Å². The van der Waals surface area contributed by atoms with Gasteiger partial charge in [-0.1, -0.05) is 23.2 Å². The fourth-order valence-electron chi connectivity index (χ4n) is 1.05. The Kier molecular flexibility index (Phi) is 3.46. The molecule has 0 fully saturated rings. The van der Waals surface area contributed by atoms with Gasteiger partial charge in [-0.25, -0.2) is 0 Å². The van der Waals surface area contributed by atoms with Crippen molar-refractivity contribution in [2.24, 2.45) is 0 Å². The van der Waals surface area contributed by atoms with Crippen LogP contribution in [0.4, 0.5) is 5.69 Å². The maximum Gasteiger partial charge on any atom is 0.0654 e. The highest BCUT2D eigenvalue weighted by atomic mass is 35.5. The van der Waals surface area contributed by atoms with Crippen LogP contribution in [-0.4, -0.2) is 13.1 Å². The maximum absolute atomic E-state index is 6.04. The Morgan fingerprint density at radius 1 is 1.23 bits per heavy atom. The van der Waals surface area contributed by atoms with E-state index in [4.69, 9.17) is 23.2 Å². The minimum atomic E-state index is 0.429. The topological polar surface area (TPSA) is 3.24 Å². The van der Waals surface area contributed by atoms with Gasteiger partial charge in [-0.05, 0) is 32.0 Å². The Balaban J connectivity index is 3.01. The van der Waals surface area contributed by atoms with Crippen molar-refractivity contribution in [2.45, 2.75) is 19.9 Å². The predicted octanol–water partition coefficient (Wildman–Crippen LogP) is 3.84. The minimum Gasteiger partial charge on any atom is -0.371 e. The first-order valence-electron chi connectivity index (χ1n) is 4.20. The van der Waals surface area contributed by atoms with Crippen LogP contribution in [0.1, 0.15) is 13.8 Å². The first-order chi connectivity index (χ1) is 6.02. The Hall–Kier alpha value is -0.400. The average molecular weight is 218 g/mol. The largest absolute Gasteiger partial charge is 0.371 e. The molecule has 0 bridgehead atoms. The second-order valence-corrected chi connectivity index (χ2v) is 4.14. The third-order valence-electron chi connectivity index (χ3n) is 2.06. The van der Waals surface area contributed by atoms with E-state index in [2.05, 4.69) is 18.7 Å². The van der Waals surface area contributed by atoms with Gasteiger partial charge in [0.1, 0.15) is 0 Å².